The maximum atomic E-state index is 12.9. The summed E-state index contributed by atoms with van der Waals surface area (Å²) in [4.78, 5) is 64.4. The molecular weight excluding hydrogens is 448 g/mol. The summed E-state index contributed by atoms with van der Waals surface area (Å²) in [5.74, 6) is -4.52. The van der Waals surface area contributed by atoms with Crippen molar-refractivity contribution in [2.75, 3.05) is 6.54 Å². The molecule has 0 radical (unpaired) electrons. The summed E-state index contributed by atoms with van der Waals surface area (Å²) in [7, 11) is 0. The maximum Gasteiger partial charge on any atom is 0.326 e. The Morgan fingerprint density at radius 3 is 1.88 bits per heavy atom. The van der Waals surface area contributed by atoms with Gasteiger partial charge in [-0.2, -0.15) is 0 Å². The highest BCUT2D eigenvalue weighted by Crippen LogP contribution is 2.10. The average molecular weight is 487 g/mol. The number of nitrogens with zero attached hydrogens (tertiary/aromatic N) is 1. The third-order valence-corrected chi connectivity index (χ3v) is 5.08. The van der Waals surface area contributed by atoms with E-state index in [1.54, 1.807) is 13.8 Å². The SMILES string of the molecule is CCC(C)C(NC(=O)C(CCCN=C(N)N)NC(=O)C(CCC(N)=O)NC(=O)C(C)N)C(=O)O. The molecule has 14 nitrogen and oxygen atoms in total. The van der Waals surface area contributed by atoms with E-state index in [4.69, 9.17) is 22.9 Å². The zero-order chi connectivity index (χ0) is 26.4. The molecule has 12 N–H and O–H groups in total. The zero-order valence-electron chi connectivity index (χ0n) is 19.9. The summed E-state index contributed by atoms with van der Waals surface area (Å²) >= 11 is 0. The van der Waals surface area contributed by atoms with Gasteiger partial charge in [0.15, 0.2) is 5.96 Å². The highest BCUT2D eigenvalue weighted by Gasteiger charge is 2.31. The van der Waals surface area contributed by atoms with E-state index in [0.29, 0.717) is 6.42 Å². The van der Waals surface area contributed by atoms with Crippen LogP contribution in [0, 0.1) is 5.92 Å². The monoisotopic (exact) mass is 486 g/mol. The van der Waals surface area contributed by atoms with Gasteiger partial charge in [0.1, 0.15) is 18.1 Å². The number of nitrogens with one attached hydrogen (secondary N) is 3. The number of hydrogen-bond acceptors (Lipinski definition) is 7. The number of rotatable bonds is 16. The average Bonchev–Trinajstić information content (AvgIpc) is 2.75. The molecule has 0 saturated heterocycles. The van der Waals surface area contributed by atoms with Gasteiger partial charge in [-0.1, -0.05) is 20.3 Å². The van der Waals surface area contributed by atoms with Crippen LogP contribution in [0.25, 0.3) is 0 Å². The summed E-state index contributed by atoms with van der Waals surface area (Å²) in [6.45, 7) is 5.04. The molecule has 0 heterocycles. The number of carbonyl (C=O) groups is 5. The summed E-state index contributed by atoms with van der Waals surface area (Å²) in [5.41, 5.74) is 21.3. The van der Waals surface area contributed by atoms with Crippen LogP contribution in [0.4, 0.5) is 0 Å². The topological polar surface area (TPSA) is 258 Å². The van der Waals surface area contributed by atoms with Crippen LogP contribution >= 0.6 is 0 Å². The summed E-state index contributed by atoms with van der Waals surface area (Å²) in [6.07, 6.45) is 0.540. The van der Waals surface area contributed by atoms with Crippen molar-refractivity contribution in [2.45, 2.75) is 77.0 Å². The van der Waals surface area contributed by atoms with E-state index in [1.807, 2.05) is 0 Å². The molecule has 0 aromatic heterocycles. The van der Waals surface area contributed by atoms with Gasteiger partial charge in [0.25, 0.3) is 0 Å². The Balaban J connectivity index is 5.64. The standard InChI is InChI=1S/C20H38N8O6/c1-4-10(2)15(19(33)34)28-18(32)12(6-5-9-25-20(23)24)27-17(31)13(7-8-14(22)29)26-16(30)11(3)21/h10-13,15H,4-9,21H2,1-3H3,(H2,22,29)(H,26,30)(H,27,31)(H,28,32)(H,33,34)(H4,23,24,25). The Labute approximate surface area is 198 Å². The molecule has 14 heteroatoms. The molecule has 0 aromatic carbocycles. The van der Waals surface area contributed by atoms with Crippen molar-refractivity contribution in [3.05, 3.63) is 0 Å². The molecule has 0 aliphatic heterocycles. The molecule has 194 valence electrons. The van der Waals surface area contributed by atoms with Crippen LogP contribution in [0.1, 0.15) is 52.9 Å². The Morgan fingerprint density at radius 2 is 1.41 bits per heavy atom. The summed E-state index contributed by atoms with van der Waals surface area (Å²) in [5, 5.41) is 16.9. The predicted molar refractivity (Wildman–Crippen MR) is 125 cm³/mol. The number of primary amides is 1. The number of carboxylic acid groups (broad SMARTS) is 1. The molecule has 0 aromatic rings. The number of carbonyl (C=O) groups excluding carboxylic acids is 4. The van der Waals surface area contributed by atoms with E-state index >= 15 is 0 Å². The molecule has 0 bridgehead atoms. The van der Waals surface area contributed by atoms with Crippen molar-refractivity contribution < 1.29 is 29.1 Å². The van der Waals surface area contributed by atoms with E-state index in [1.165, 1.54) is 6.92 Å². The van der Waals surface area contributed by atoms with Gasteiger partial charge in [0.2, 0.25) is 23.6 Å². The van der Waals surface area contributed by atoms with Crippen LogP contribution in [-0.4, -0.2) is 71.4 Å². The number of hydrogen-bond donors (Lipinski definition) is 8. The molecule has 0 spiro atoms. The van der Waals surface area contributed by atoms with Gasteiger partial charge in [-0.3, -0.25) is 24.2 Å². The van der Waals surface area contributed by atoms with Crippen molar-refractivity contribution >= 4 is 35.6 Å². The van der Waals surface area contributed by atoms with Gasteiger partial charge in [-0.05, 0) is 32.1 Å². The second kappa shape index (κ2) is 15.4. The molecule has 34 heavy (non-hydrogen) atoms. The molecule has 0 saturated carbocycles. The minimum absolute atomic E-state index is 0.0744. The Bertz CT molecular complexity index is 753. The quantitative estimate of drug-likeness (QED) is 0.0637. The number of aliphatic carboxylic acids is 1. The smallest absolute Gasteiger partial charge is 0.326 e. The number of nitrogens with two attached hydrogens (primary N) is 4. The van der Waals surface area contributed by atoms with Gasteiger partial charge < -0.3 is 44.0 Å². The van der Waals surface area contributed by atoms with Gasteiger partial charge in [-0.25, -0.2) is 4.79 Å². The molecule has 5 unspecified atom stereocenters. The lowest BCUT2D eigenvalue weighted by Crippen LogP contribution is -2.57. The van der Waals surface area contributed by atoms with Crippen LogP contribution in [0.5, 0.6) is 0 Å². The van der Waals surface area contributed by atoms with Gasteiger partial charge >= 0.3 is 5.97 Å². The first kappa shape index (κ1) is 30.6. The zero-order valence-corrected chi connectivity index (χ0v) is 19.9. The van der Waals surface area contributed by atoms with Crippen molar-refractivity contribution in [2.24, 2.45) is 33.8 Å². The Kier molecular flexibility index (Phi) is 13.9. The molecule has 0 rings (SSSR count). The highest BCUT2D eigenvalue weighted by atomic mass is 16.4. The largest absolute Gasteiger partial charge is 0.480 e. The highest BCUT2D eigenvalue weighted by molar-refractivity contribution is 5.94. The van der Waals surface area contributed by atoms with Crippen LogP contribution in [-0.2, 0) is 24.0 Å². The van der Waals surface area contributed by atoms with Crippen LogP contribution in [0.2, 0.25) is 0 Å². The summed E-state index contributed by atoms with van der Waals surface area (Å²) in [6, 6.07) is -4.44. The molecule has 0 aliphatic carbocycles. The summed E-state index contributed by atoms with van der Waals surface area (Å²) < 4.78 is 0. The van der Waals surface area contributed by atoms with Crippen LogP contribution in [0.3, 0.4) is 0 Å². The van der Waals surface area contributed by atoms with Crippen molar-refractivity contribution in [1.82, 2.24) is 16.0 Å². The molecular formula is C20H38N8O6. The fourth-order valence-electron chi connectivity index (χ4n) is 2.84. The third kappa shape index (κ3) is 12.0. The number of carboxylic acids is 1. The lowest BCUT2D eigenvalue weighted by atomic mass is 9.98. The molecule has 0 fully saturated rings. The maximum absolute atomic E-state index is 12.9. The normalized spacial score (nSPS) is 15.1. The van der Waals surface area contributed by atoms with Gasteiger partial charge in [0, 0.05) is 13.0 Å². The van der Waals surface area contributed by atoms with Crippen molar-refractivity contribution in [3.8, 4) is 0 Å². The van der Waals surface area contributed by atoms with Crippen molar-refractivity contribution in [1.29, 1.82) is 0 Å². The lowest BCUT2D eigenvalue weighted by molar-refractivity contribution is -0.144. The number of guanidine groups is 1. The van der Waals surface area contributed by atoms with Crippen LogP contribution in [0.15, 0.2) is 4.99 Å². The predicted octanol–water partition coefficient (Wildman–Crippen LogP) is -2.76. The van der Waals surface area contributed by atoms with E-state index in [-0.39, 0.29) is 44.1 Å². The van der Waals surface area contributed by atoms with E-state index in [2.05, 4.69) is 20.9 Å². The number of aliphatic imine (C=N–C) groups is 1. The fraction of sp³-hybridized carbons (Fsp3) is 0.700. The van der Waals surface area contributed by atoms with Gasteiger partial charge in [0.05, 0.1) is 6.04 Å². The second-order valence-electron chi connectivity index (χ2n) is 8.07. The van der Waals surface area contributed by atoms with E-state index < -0.39 is 53.8 Å². The van der Waals surface area contributed by atoms with E-state index in [0.717, 1.165) is 0 Å². The Hall–Kier alpha value is -3.42. The molecule has 4 amide bonds. The lowest BCUT2D eigenvalue weighted by Gasteiger charge is -2.26. The van der Waals surface area contributed by atoms with Gasteiger partial charge in [-0.15, -0.1) is 0 Å². The minimum atomic E-state index is -1.21. The first-order valence-corrected chi connectivity index (χ1v) is 11.0. The second-order valence-corrected chi connectivity index (χ2v) is 8.07. The number of amides is 4. The fourth-order valence-corrected chi connectivity index (χ4v) is 2.84. The van der Waals surface area contributed by atoms with Crippen LogP contribution < -0.4 is 38.9 Å². The van der Waals surface area contributed by atoms with E-state index in [9.17, 15) is 29.1 Å². The Morgan fingerprint density at radius 1 is 0.882 bits per heavy atom. The third-order valence-electron chi connectivity index (χ3n) is 5.08. The molecule has 0 aliphatic rings. The minimum Gasteiger partial charge on any atom is -0.480 e. The van der Waals surface area contributed by atoms with Crippen molar-refractivity contribution in [3.63, 3.8) is 0 Å². The first-order chi connectivity index (χ1) is 15.8. The molecule has 5 atom stereocenters. The first-order valence-electron chi connectivity index (χ1n) is 11.0.